The van der Waals surface area contributed by atoms with Crippen molar-refractivity contribution in [2.75, 3.05) is 6.26 Å². The van der Waals surface area contributed by atoms with Crippen molar-refractivity contribution in [1.29, 1.82) is 0 Å². The van der Waals surface area contributed by atoms with E-state index in [4.69, 9.17) is 23.2 Å². The number of halogens is 2. The van der Waals surface area contributed by atoms with Gasteiger partial charge in [0.15, 0.2) is 9.84 Å². The van der Waals surface area contributed by atoms with Gasteiger partial charge in [0.2, 0.25) is 5.91 Å². The summed E-state index contributed by atoms with van der Waals surface area (Å²) in [6, 6.07) is 14.3. The fourth-order valence-corrected chi connectivity index (χ4v) is 6.51. The van der Waals surface area contributed by atoms with Gasteiger partial charge in [0.1, 0.15) is 0 Å². The van der Waals surface area contributed by atoms with E-state index in [9.17, 15) is 13.2 Å². The minimum Gasteiger partial charge on any atom is -0.330 e. The maximum atomic E-state index is 14.2. The number of likely N-dealkylation sites (tertiary alicyclic amines) is 1. The molecule has 5 atom stereocenters. The molecule has 2 aromatic rings. The molecule has 4 nitrogen and oxygen atoms in total. The second-order valence-corrected chi connectivity index (χ2v) is 12.9. The highest BCUT2D eigenvalue weighted by Crippen LogP contribution is 2.52. The van der Waals surface area contributed by atoms with Gasteiger partial charge in [-0.25, -0.2) is 8.42 Å². The molecule has 1 heterocycles. The summed E-state index contributed by atoms with van der Waals surface area (Å²) in [4.78, 5) is 16.0. The van der Waals surface area contributed by atoms with Crippen LogP contribution in [0, 0.1) is 5.41 Å². The summed E-state index contributed by atoms with van der Waals surface area (Å²) in [6.07, 6.45) is 4.61. The second-order valence-electron chi connectivity index (χ2n) is 9.64. The van der Waals surface area contributed by atoms with Crippen molar-refractivity contribution >= 4 is 38.9 Å². The summed E-state index contributed by atoms with van der Waals surface area (Å²) in [5, 5.41) is 0.505. The van der Waals surface area contributed by atoms with Crippen molar-refractivity contribution in [1.82, 2.24) is 4.90 Å². The van der Waals surface area contributed by atoms with Gasteiger partial charge >= 0.3 is 0 Å². The summed E-state index contributed by atoms with van der Waals surface area (Å²) in [7, 11) is -3.39. The quantitative estimate of drug-likeness (QED) is 0.357. The zero-order valence-electron chi connectivity index (χ0n) is 20.2. The van der Waals surface area contributed by atoms with E-state index in [0.717, 1.165) is 11.1 Å². The van der Waals surface area contributed by atoms with Gasteiger partial charge < -0.3 is 4.90 Å². The Kier molecular flexibility index (Phi) is 8.22. The van der Waals surface area contributed by atoms with E-state index in [2.05, 4.69) is 6.58 Å². The minimum atomic E-state index is -3.39. The number of amides is 1. The van der Waals surface area contributed by atoms with Crippen LogP contribution in [0.2, 0.25) is 10.0 Å². The molecule has 0 N–H and O–H groups in total. The molecule has 3 unspecified atom stereocenters. The minimum absolute atomic E-state index is 0.0482. The Labute approximate surface area is 213 Å². The standard InChI is InChI=1S/C27H33Cl2NO3S/c1-6-15-27(4)17-23(20-9-8-10-22(29)16-20)25(19-11-13-21(28)14-12-19)30(26(27)31)24(7-2)18(3)34(5,32)33/h6,8-14,16,18,23-25H,1,7,15,17H2,2-5H3/t18-,23?,24-,25?,27?/m0/s1. The molecule has 0 aromatic heterocycles. The van der Waals surface area contributed by atoms with Crippen molar-refractivity contribution in [2.45, 2.75) is 63.3 Å². The lowest BCUT2D eigenvalue weighted by atomic mass is 9.67. The largest absolute Gasteiger partial charge is 0.330 e. The Morgan fingerprint density at radius 2 is 1.79 bits per heavy atom. The zero-order valence-corrected chi connectivity index (χ0v) is 22.5. The highest BCUT2D eigenvalue weighted by atomic mass is 35.5. The normalized spacial score (nSPS) is 25.1. The summed E-state index contributed by atoms with van der Waals surface area (Å²) >= 11 is 12.6. The topological polar surface area (TPSA) is 54.5 Å². The van der Waals surface area contributed by atoms with Gasteiger partial charge in [0, 0.05) is 28.3 Å². The van der Waals surface area contributed by atoms with Crippen LogP contribution in [0.1, 0.15) is 63.1 Å². The molecule has 0 saturated carbocycles. The predicted octanol–water partition coefficient (Wildman–Crippen LogP) is 6.84. The average molecular weight is 523 g/mol. The smallest absolute Gasteiger partial charge is 0.229 e. The molecule has 0 radical (unpaired) electrons. The molecule has 0 aliphatic carbocycles. The van der Waals surface area contributed by atoms with E-state index in [-0.39, 0.29) is 17.9 Å². The van der Waals surface area contributed by atoms with Gasteiger partial charge in [-0.2, -0.15) is 0 Å². The first-order valence-corrected chi connectivity index (χ1v) is 14.3. The van der Waals surface area contributed by atoms with E-state index in [1.807, 2.05) is 67.3 Å². The lowest BCUT2D eigenvalue weighted by Crippen LogP contribution is -2.58. The molecule has 0 bridgehead atoms. The predicted molar refractivity (Wildman–Crippen MR) is 141 cm³/mol. The Morgan fingerprint density at radius 3 is 2.32 bits per heavy atom. The molecule has 2 aromatic carbocycles. The first-order chi connectivity index (χ1) is 15.9. The third-order valence-electron chi connectivity index (χ3n) is 7.18. The molecule has 3 rings (SSSR count). The number of carbonyl (C=O) groups is 1. The van der Waals surface area contributed by atoms with Crippen molar-refractivity contribution in [2.24, 2.45) is 5.41 Å². The first-order valence-electron chi connectivity index (χ1n) is 11.6. The maximum Gasteiger partial charge on any atom is 0.229 e. The van der Waals surface area contributed by atoms with Crippen LogP contribution in [-0.2, 0) is 14.6 Å². The van der Waals surface area contributed by atoms with E-state index in [1.165, 1.54) is 6.26 Å². The van der Waals surface area contributed by atoms with Crippen LogP contribution in [0.15, 0.2) is 61.2 Å². The van der Waals surface area contributed by atoms with Gasteiger partial charge in [0.25, 0.3) is 0 Å². The highest BCUT2D eigenvalue weighted by Gasteiger charge is 2.52. The Morgan fingerprint density at radius 1 is 1.15 bits per heavy atom. The van der Waals surface area contributed by atoms with Crippen LogP contribution in [0.25, 0.3) is 0 Å². The van der Waals surface area contributed by atoms with E-state index in [0.29, 0.717) is 29.3 Å². The third-order valence-corrected chi connectivity index (χ3v) is 9.33. The number of sulfone groups is 1. The fraction of sp³-hybridized carbons (Fsp3) is 0.444. The number of hydrogen-bond acceptors (Lipinski definition) is 3. The van der Waals surface area contributed by atoms with Gasteiger partial charge in [-0.3, -0.25) is 4.79 Å². The monoisotopic (exact) mass is 521 g/mol. The zero-order chi connectivity index (χ0) is 25.3. The Hall–Kier alpha value is -1.82. The lowest BCUT2D eigenvalue weighted by molar-refractivity contribution is -0.154. The summed E-state index contributed by atoms with van der Waals surface area (Å²) in [6.45, 7) is 9.49. The number of hydrogen-bond donors (Lipinski definition) is 0. The van der Waals surface area contributed by atoms with Crippen LogP contribution >= 0.6 is 23.2 Å². The SMILES string of the molecule is C=CCC1(C)CC(c2cccc(Cl)c2)C(c2ccc(Cl)cc2)N([C@@H](CC)[C@H](C)S(C)(=O)=O)C1=O. The van der Waals surface area contributed by atoms with Crippen molar-refractivity contribution in [3.8, 4) is 0 Å². The number of allylic oxidation sites excluding steroid dienone is 1. The average Bonchev–Trinajstić information content (AvgIpc) is 2.77. The molecular formula is C27H33Cl2NO3S. The van der Waals surface area contributed by atoms with Crippen LogP contribution in [0.4, 0.5) is 0 Å². The first kappa shape index (κ1) is 26.8. The van der Waals surface area contributed by atoms with E-state index < -0.39 is 26.5 Å². The molecular weight excluding hydrogens is 489 g/mol. The molecule has 1 saturated heterocycles. The summed E-state index contributed by atoms with van der Waals surface area (Å²) < 4.78 is 25.3. The highest BCUT2D eigenvalue weighted by molar-refractivity contribution is 7.91. The van der Waals surface area contributed by atoms with Crippen molar-refractivity contribution < 1.29 is 13.2 Å². The number of rotatable bonds is 8. The van der Waals surface area contributed by atoms with E-state index in [1.54, 1.807) is 13.0 Å². The molecule has 1 aliphatic rings. The number of benzene rings is 2. The maximum absolute atomic E-state index is 14.2. The third kappa shape index (κ3) is 5.37. The molecule has 1 amide bonds. The van der Waals surface area contributed by atoms with Gasteiger partial charge in [0.05, 0.1) is 16.7 Å². The molecule has 34 heavy (non-hydrogen) atoms. The Balaban J connectivity index is 2.29. The van der Waals surface area contributed by atoms with Gasteiger partial charge in [-0.05, 0) is 61.6 Å². The van der Waals surface area contributed by atoms with Crippen LogP contribution in [-0.4, -0.2) is 36.8 Å². The fourth-order valence-electron chi connectivity index (χ4n) is 5.29. The number of carbonyl (C=O) groups excluding carboxylic acids is 1. The second kappa shape index (κ2) is 10.4. The molecule has 1 fully saturated rings. The number of nitrogens with zero attached hydrogens (tertiary/aromatic N) is 1. The van der Waals surface area contributed by atoms with Gasteiger partial charge in [-0.1, -0.05) is 67.4 Å². The van der Waals surface area contributed by atoms with Crippen LogP contribution in [0.5, 0.6) is 0 Å². The molecule has 7 heteroatoms. The molecule has 1 aliphatic heterocycles. The van der Waals surface area contributed by atoms with Gasteiger partial charge in [-0.15, -0.1) is 6.58 Å². The van der Waals surface area contributed by atoms with Crippen molar-refractivity contribution in [3.63, 3.8) is 0 Å². The van der Waals surface area contributed by atoms with Crippen LogP contribution in [0.3, 0.4) is 0 Å². The molecule has 184 valence electrons. The van der Waals surface area contributed by atoms with Crippen LogP contribution < -0.4 is 0 Å². The lowest BCUT2D eigenvalue weighted by Gasteiger charge is -2.53. The summed E-state index contributed by atoms with van der Waals surface area (Å²) in [5.74, 6) is -0.142. The van der Waals surface area contributed by atoms with Crippen molar-refractivity contribution in [3.05, 3.63) is 82.4 Å². The number of piperidine rings is 1. The Bertz CT molecular complexity index is 1150. The van der Waals surface area contributed by atoms with E-state index >= 15 is 0 Å². The molecule has 0 spiro atoms. The summed E-state index contributed by atoms with van der Waals surface area (Å²) in [5.41, 5.74) is 1.21.